The van der Waals surface area contributed by atoms with Gasteiger partial charge < -0.3 is 5.11 Å². The highest BCUT2D eigenvalue weighted by Gasteiger charge is 2.95. The first-order valence-corrected chi connectivity index (χ1v) is 4.13. The highest BCUT2D eigenvalue weighted by atomic mass is 31.2. The average molecular weight is 166 g/mol. The molecule has 0 aromatic rings. The molecule has 1 spiro atoms. The molecule has 10 heavy (non-hydrogen) atoms. The van der Waals surface area contributed by atoms with Gasteiger partial charge in [0.1, 0.15) is 6.61 Å². The molecule has 7 heteroatoms. The molecule has 0 amide bonds. The number of ether oxygens (including phenoxy) is 1. The maximum Gasteiger partial charge on any atom is 0.486 e. The fourth-order valence-corrected chi connectivity index (χ4v) is 2.72. The summed E-state index contributed by atoms with van der Waals surface area (Å²) in [5.74, 6) is -2.60. The van der Waals surface area contributed by atoms with Crippen molar-refractivity contribution in [1.82, 2.24) is 0 Å². The smallest absolute Gasteiger partial charge is 0.390 e. The molecule has 4 rings (SSSR count). The molecule has 0 aromatic carbocycles. The van der Waals surface area contributed by atoms with E-state index in [0.29, 0.717) is 0 Å². The standard InChI is InChI=1S/C3H3O6P/c4-1-2-3(6-2)8-10(5,7-2)9-3/h4H,1H2/t2-,3?,10?/m0/s1. The molecular weight excluding hydrogens is 163 g/mol. The minimum atomic E-state index is -3.28. The number of rotatable bonds is 1. The second kappa shape index (κ2) is 1.10. The third-order valence-corrected chi connectivity index (χ3v) is 3.10. The highest BCUT2D eigenvalue weighted by molar-refractivity contribution is 7.50. The molecule has 6 nitrogen and oxygen atoms in total. The van der Waals surface area contributed by atoms with Gasteiger partial charge in [0.15, 0.2) is 0 Å². The van der Waals surface area contributed by atoms with Crippen molar-refractivity contribution in [3.05, 3.63) is 0 Å². The first-order valence-electron chi connectivity index (χ1n) is 2.67. The van der Waals surface area contributed by atoms with Crippen molar-refractivity contribution in [2.24, 2.45) is 0 Å². The second-order valence-electron chi connectivity index (χ2n) is 2.29. The Hall–Kier alpha value is 0.0300. The number of epoxide rings is 1. The Morgan fingerprint density at radius 1 is 1.40 bits per heavy atom. The van der Waals surface area contributed by atoms with Crippen molar-refractivity contribution < 1.29 is 28.0 Å². The minimum absolute atomic E-state index is 0.406. The van der Waals surface area contributed by atoms with E-state index in [9.17, 15) is 4.57 Å². The van der Waals surface area contributed by atoms with E-state index in [1.54, 1.807) is 0 Å². The van der Waals surface area contributed by atoms with Crippen molar-refractivity contribution in [3.8, 4) is 0 Å². The summed E-state index contributed by atoms with van der Waals surface area (Å²) in [6.07, 6.45) is 0. The van der Waals surface area contributed by atoms with Crippen LogP contribution in [-0.4, -0.2) is 23.5 Å². The van der Waals surface area contributed by atoms with Gasteiger partial charge in [0.25, 0.3) is 5.79 Å². The van der Waals surface area contributed by atoms with E-state index in [2.05, 4.69) is 13.6 Å². The van der Waals surface area contributed by atoms with Crippen LogP contribution in [0.4, 0.5) is 0 Å². The van der Waals surface area contributed by atoms with Gasteiger partial charge in [-0.15, -0.1) is 0 Å². The third kappa shape index (κ3) is 0.343. The zero-order valence-electron chi connectivity index (χ0n) is 4.64. The van der Waals surface area contributed by atoms with Crippen LogP contribution in [0.3, 0.4) is 0 Å². The molecule has 0 unspecified atom stereocenters. The lowest BCUT2D eigenvalue weighted by Crippen LogP contribution is -2.28. The van der Waals surface area contributed by atoms with Gasteiger partial charge in [-0.3, -0.25) is 4.74 Å². The molecular formula is C3H3O6P. The van der Waals surface area contributed by atoms with Crippen LogP contribution in [0.25, 0.3) is 0 Å². The van der Waals surface area contributed by atoms with Crippen molar-refractivity contribution in [2.45, 2.75) is 11.8 Å². The van der Waals surface area contributed by atoms with Crippen LogP contribution in [-0.2, 0) is 22.9 Å². The summed E-state index contributed by atoms with van der Waals surface area (Å²) in [6.45, 7) is -0.406. The van der Waals surface area contributed by atoms with Gasteiger partial charge in [-0.2, -0.15) is 0 Å². The predicted molar refractivity (Wildman–Crippen MR) is 24.5 cm³/mol. The molecule has 4 saturated heterocycles. The Morgan fingerprint density at radius 2 is 2.10 bits per heavy atom. The summed E-state index contributed by atoms with van der Waals surface area (Å²) in [7, 11) is -3.28. The van der Waals surface area contributed by atoms with Gasteiger partial charge in [0.2, 0.25) is 0 Å². The number of phosphoric acid groups is 1. The Labute approximate surface area is 55.2 Å². The van der Waals surface area contributed by atoms with Crippen LogP contribution in [0.15, 0.2) is 0 Å². The van der Waals surface area contributed by atoms with Crippen LogP contribution in [0.1, 0.15) is 0 Å². The monoisotopic (exact) mass is 166 g/mol. The molecule has 4 aliphatic rings. The molecule has 0 aromatic heterocycles. The predicted octanol–water partition coefficient (Wildman–Crippen LogP) is -0.456. The van der Waals surface area contributed by atoms with E-state index < -0.39 is 26.2 Å². The molecule has 56 valence electrons. The zero-order valence-corrected chi connectivity index (χ0v) is 5.54. The van der Waals surface area contributed by atoms with Gasteiger partial charge in [-0.1, -0.05) is 0 Å². The zero-order chi connectivity index (χ0) is 7.04. The lowest BCUT2D eigenvalue weighted by atomic mass is 10.4. The molecule has 4 aliphatic heterocycles. The average Bonchev–Trinajstić information content (AvgIpc) is 2.25. The van der Waals surface area contributed by atoms with Crippen molar-refractivity contribution in [2.75, 3.05) is 6.61 Å². The molecule has 1 atom stereocenters. The molecule has 2 bridgehead atoms. The van der Waals surface area contributed by atoms with Crippen LogP contribution in [0.2, 0.25) is 0 Å². The summed E-state index contributed by atoms with van der Waals surface area (Å²) < 4.78 is 29.4. The third-order valence-electron chi connectivity index (χ3n) is 1.66. The quantitative estimate of drug-likeness (QED) is 0.419. The highest BCUT2D eigenvalue weighted by Crippen LogP contribution is 2.86. The Kier molecular flexibility index (Phi) is 0.620. The van der Waals surface area contributed by atoms with Crippen molar-refractivity contribution >= 4 is 7.82 Å². The largest absolute Gasteiger partial charge is 0.486 e. The SMILES string of the molecule is O=P12OC3(O[C@@]3(CO)O1)O2. The topological polar surface area (TPSA) is 77.5 Å². The number of aliphatic hydroxyl groups is 1. The van der Waals surface area contributed by atoms with Crippen molar-refractivity contribution in [3.63, 3.8) is 0 Å². The minimum Gasteiger partial charge on any atom is -0.390 e. The lowest BCUT2D eigenvalue weighted by molar-refractivity contribution is -0.194. The fourth-order valence-electron chi connectivity index (χ4n) is 1.12. The van der Waals surface area contributed by atoms with Crippen LogP contribution in [0.5, 0.6) is 0 Å². The first-order chi connectivity index (χ1) is 4.64. The molecule has 0 aliphatic carbocycles. The molecule has 4 fully saturated rings. The van der Waals surface area contributed by atoms with Crippen molar-refractivity contribution in [1.29, 1.82) is 0 Å². The summed E-state index contributed by atoms with van der Waals surface area (Å²) in [4.78, 5) is 0. The Bertz CT molecular complexity index is 252. The summed E-state index contributed by atoms with van der Waals surface area (Å²) in [5.41, 5.74) is 0. The lowest BCUT2D eigenvalue weighted by Gasteiger charge is -2.22. The van der Waals surface area contributed by atoms with Gasteiger partial charge in [0, 0.05) is 0 Å². The number of phosphoric ester groups is 1. The van der Waals surface area contributed by atoms with Gasteiger partial charge in [-0.25, -0.2) is 18.1 Å². The van der Waals surface area contributed by atoms with E-state index in [1.165, 1.54) is 0 Å². The molecule has 0 saturated carbocycles. The van der Waals surface area contributed by atoms with Gasteiger partial charge >= 0.3 is 13.8 Å². The summed E-state index contributed by atoms with van der Waals surface area (Å²) >= 11 is 0. The molecule has 0 radical (unpaired) electrons. The van der Waals surface area contributed by atoms with Crippen LogP contribution in [0, 0.1) is 0 Å². The van der Waals surface area contributed by atoms with E-state index in [1.807, 2.05) is 0 Å². The van der Waals surface area contributed by atoms with E-state index in [-0.39, 0.29) is 0 Å². The van der Waals surface area contributed by atoms with Gasteiger partial charge in [0.05, 0.1) is 0 Å². The number of hydrogen-bond donors (Lipinski definition) is 1. The fraction of sp³-hybridized carbons (Fsp3) is 1.00. The normalized spacial score (nSPS) is 68.9. The van der Waals surface area contributed by atoms with Crippen LogP contribution < -0.4 is 0 Å². The Morgan fingerprint density at radius 3 is 2.40 bits per heavy atom. The summed E-state index contributed by atoms with van der Waals surface area (Å²) in [6, 6.07) is 0. The maximum atomic E-state index is 10.8. The van der Waals surface area contributed by atoms with E-state index >= 15 is 0 Å². The first kappa shape index (κ1) is 5.65. The van der Waals surface area contributed by atoms with Crippen LogP contribution >= 0.6 is 7.82 Å². The molecule has 4 heterocycles. The second-order valence-corrected chi connectivity index (χ2v) is 3.73. The van der Waals surface area contributed by atoms with Gasteiger partial charge in [-0.05, 0) is 0 Å². The number of hydrogen-bond acceptors (Lipinski definition) is 6. The van der Waals surface area contributed by atoms with E-state index in [4.69, 9.17) is 9.84 Å². The Balaban J connectivity index is 2.06. The number of aliphatic hydroxyl groups excluding tert-OH is 1. The molecule has 1 N–H and O–H groups in total. The summed E-state index contributed by atoms with van der Waals surface area (Å²) in [5, 5.41) is 8.64. The maximum absolute atomic E-state index is 10.8. The van der Waals surface area contributed by atoms with E-state index in [0.717, 1.165) is 0 Å².